The summed E-state index contributed by atoms with van der Waals surface area (Å²) in [6.07, 6.45) is 5.45. The van der Waals surface area contributed by atoms with E-state index in [1.807, 2.05) is 18.2 Å². The van der Waals surface area contributed by atoms with Gasteiger partial charge in [-0.15, -0.1) is 0 Å². The van der Waals surface area contributed by atoms with Crippen LogP contribution < -0.4 is 5.73 Å². The standard InChI is InChI=1S/C13H19NO/c14-13-7-3-6-12(8-13)10-15-9-11-4-1-2-5-11/h3,6-8,11H,1-2,4-5,9-10,14H2. The SMILES string of the molecule is Nc1cccc(COCC2CCCC2)c1. The van der Waals surface area contributed by atoms with Gasteiger partial charge in [-0.05, 0) is 36.5 Å². The largest absolute Gasteiger partial charge is 0.399 e. The lowest BCUT2D eigenvalue weighted by Gasteiger charge is -2.09. The molecule has 15 heavy (non-hydrogen) atoms. The topological polar surface area (TPSA) is 35.2 Å². The smallest absolute Gasteiger partial charge is 0.0717 e. The van der Waals surface area contributed by atoms with Crippen molar-refractivity contribution in [3.05, 3.63) is 29.8 Å². The maximum absolute atomic E-state index is 5.70. The molecule has 1 saturated carbocycles. The van der Waals surface area contributed by atoms with E-state index >= 15 is 0 Å². The van der Waals surface area contributed by atoms with Crippen molar-refractivity contribution in [3.63, 3.8) is 0 Å². The summed E-state index contributed by atoms with van der Waals surface area (Å²) in [6, 6.07) is 7.92. The average Bonchev–Trinajstić information content (AvgIpc) is 2.71. The van der Waals surface area contributed by atoms with Crippen molar-refractivity contribution in [1.82, 2.24) is 0 Å². The van der Waals surface area contributed by atoms with Crippen LogP contribution >= 0.6 is 0 Å². The third-order valence-corrected chi connectivity index (χ3v) is 3.05. The van der Waals surface area contributed by atoms with E-state index in [4.69, 9.17) is 10.5 Å². The molecule has 0 unspecified atom stereocenters. The quantitative estimate of drug-likeness (QED) is 0.767. The Labute approximate surface area is 91.4 Å². The highest BCUT2D eigenvalue weighted by Crippen LogP contribution is 2.25. The van der Waals surface area contributed by atoms with Crippen LogP contribution in [0.5, 0.6) is 0 Å². The Morgan fingerprint density at radius 1 is 1.27 bits per heavy atom. The minimum absolute atomic E-state index is 0.696. The second-order valence-corrected chi connectivity index (χ2v) is 4.41. The van der Waals surface area contributed by atoms with Crippen LogP contribution in [0.4, 0.5) is 5.69 Å². The Bertz CT molecular complexity index is 305. The van der Waals surface area contributed by atoms with Gasteiger partial charge in [-0.1, -0.05) is 25.0 Å². The van der Waals surface area contributed by atoms with E-state index < -0.39 is 0 Å². The van der Waals surface area contributed by atoms with E-state index in [2.05, 4.69) is 6.07 Å². The van der Waals surface area contributed by atoms with E-state index in [1.54, 1.807) is 0 Å². The summed E-state index contributed by atoms with van der Waals surface area (Å²) in [6.45, 7) is 1.61. The highest BCUT2D eigenvalue weighted by molar-refractivity contribution is 5.40. The van der Waals surface area contributed by atoms with E-state index in [0.29, 0.717) is 6.61 Å². The average molecular weight is 205 g/mol. The molecule has 2 heteroatoms. The lowest BCUT2D eigenvalue weighted by atomic mass is 10.1. The predicted molar refractivity (Wildman–Crippen MR) is 62.5 cm³/mol. The lowest BCUT2D eigenvalue weighted by molar-refractivity contribution is 0.0889. The summed E-state index contributed by atoms with van der Waals surface area (Å²) < 4.78 is 5.70. The van der Waals surface area contributed by atoms with Gasteiger partial charge in [0, 0.05) is 12.3 Å². The van der Waals surface area contributed by atoms with Crippen LogP contribution in [0.3, 0.4) is 0 Å². The summed E-state index contributed by atoms with van der Waals surface area (Å²) in [5, 5.41) is 0. The molecule has 0 spiro atoms. The second-order valence-electron chi connectivity index (χ2n) is 4.41. The fourth-order valence-corrected chi connectivity index (χ4v) is 2.20. The number of rotatable bonds is 4. The lowest BCUT2D eigenvalue weighted by Crippen LogP contribution is -2.05. The molecule has 82 valence electrons. The first-order chi connectivity index (χ1) is 7.34. The number of benzene rings is 1. The van der Waals surface area contributed by atoms with Crippen LogP contribution in [0, 0.1) is 5.92 Å². The molecule has 0 atom stereocenters. The first-order valence-corrected chi connectivity index (χ1v) is 5.77. The van der Waals surface area contributed by atoms with Crippen molar-refractivity contribution in [1.29, 1.82) is 0 Å². The molecule has 2 N–H and O–H groups in total. The van der Waals surface area contributed by atoms with Crippen molar-refractivity contribution in [2.45, 2.75) is 32.3 Å². The fraction of sp³-hybridized carbons (Fsp3) is 0.538. The van der Waals surface area contributed by atoms with Gasteiger partial charge >= 0.3 is 0 Å². The van der Waals surface area contributed by atoms with Gasteiger partial charge in [-0.3, -0.25) is 0 Å². The van der Waals surface area contributed by atoms with Gasteiger partial charge in [0.05, 0.1) is 6.61 Å². The maximum atomic E-state index is 5.70. The molecule has 0 amide bonds. The zero-order valence-corrected chi connectivity index (χ0v) is 9.11. The van der Waals surface area contributed by atoms with Gasteiger partial charge < -0.3 is 10.5 Å². The Kier molecular flexibility index (Phi) is 3.62. The number of hydrogen-bond donors (Lipinski definition) is 1. The molecule has 0 bridgehead atoms. The summed E-state index contributed by atoms with van der Waals surface area (Å²) in [7, 11) is 0. The molecule has 2 rings (SSSR count). The van der Waals surface area contributed by atoms with E-state index in [1.165, 1.54) is 31.2 Å². The van der Waals surface area contributed by atoms with E-state index in [-0.39, 0.29) is 0 Å². The summed E-state index contributed by atoms with van der Waals surface area (Å²) >= 11 is 0. The van der Waals surface area contributed by atoms with E-state index in [9.17, 15) is 0 Å². The molecule has 0 radical (unpaired) electrons. The Hall–Kier alpha value is -1.02. The molecule has 0 heterocycles. The molecular formula is C13H19NO. The van der Waals surface area contributed by atoms with Crippen molar-refractivity contribution in [2.24, 2.45) is 5.92 Å². The van der Waals surface area contributed by atoms with Gasteiger partial charge in [0.2, 0.25) is 0 Å². The van der Waals surface area contributed by atoms with Gasteiger partial charge in [0.15, 0.2) is 0 Å². The van der Waals surface area contributed by atoms with E-state index in [0.717, 1.165) is 18.2 Å². The summed E-state index contributed by atoms with van der Waals surface area (Å²) in [4.78, 5) is 0. The van der Waals surface area contributed by atoms with Gasteiger partial charge in [0.25, 0.3) is 0 Å². The third-order valence-electron chi connectivity index (χ3n) is 3.05. The molecule has 1 aromatic rings. The van der Waals surface area contributed by atoms with Gasteiger partial charge in [0.1, 0.15) is 0 Å². The first kappa shape index (κ1) is 10.5. The molecule has 1 fully saturated rings. The van der Waals surface area contributed by atoms with Gasteiger partial charge in [-0.25, -0.2) is 0 Å². The zero-order valence-electron chi connectivity index (χ0n) is 9.11. The fourth-order valence-electron chi connectivity index (χ4n) is 2.20. The van der Waals surface area contributed by atoms with Crippen molar-refractivity contribution in [3.8, 4) is 0 Å². The molecule has 1 aromatic carbocycles. The number of ether oxygens (including phenoxy) is 1. The number of nitrogens with two attached hydrogens (primary N) is 1. The van der Waals surface area contributed by atoms with Crippen LogP contribution in [0.1, 0.15) is 31.2 Å². The van der Waals surface area contributed by atoms with Crippen LogP contribution in [-0.2, 0) is 11.3 Å². The normalized spacial score (nSPS) is 17.1. The van der Waals surface area contributed by atoms with Crippen LogP contribution in [-0.4, -0.2) is 6.61 Å². The monoisotopic (exact) mass is 205 g/mol. The Morgan fingerprint density at radius 3 is 2.80 bits per heavy atom. The predicted octanol–water partition coefficient (Wildman–Crippen LogP) is 2.98. The molecule has 2 nitrogen and oxygen atoms in total. The van der Waals surface area contributed by atoms with Crippen LogP contribution in [0.25, 0.3) is 0 Å². The molecular weight excluding hydrogens is 186 g/mol. The molecule has 0 aliphatic heterocycles. The third kappa shape index (κ3) is 3.24. The minimum Gasteiger partial charge on any atom is -0.399 e. The Balaban J connectivity index is 1.73. The summed E-state index contributed by atoms with van der Waals surface area (Å²) in [5.41, 5.74) is 7.69. The molecule has 0 saturated heterocycles. The highest BCUT2D eigenvalue weighted by Gasteiger charge is 2.14. The number of anilines is 1. The van der Waals surface area contributed by atoms with Crippen LogP contribution in [0.2, 0.25) is 0 Å². The van der Waals surface area contributed by atoms with Gasteiger partial charge in [-0.2, -0.15) is 0 Å². The Morgan fingerprint density at radius 2 is 2.07 bits per heavy atom. The van der Waals surface area contributed by atoms with Crippen LogP contribution in [0.15, 0.2) is 24.3 Å². The van der Waals surface area contributed by atoms with Crippen molar-refractivity contribution >= 4 is 5.69 Å². The minimum atomic E-state index is 0.696. The second kappa shape index (κ2) is 5.17. The van der Waals surface area contributed by atoms with Crippen molar-refractivity contribution < 1.29 is 4.74 Å². The molecule has 1 aliphatic rings. The highest BCUT2D eigenvalue weighted by atomic mass is 16.5. The summed E-state index contributed by atoms with van der Waals surface area (Å²) in [5.74, 6) is 0.797. The zero-order chi connectivity index (χ0) is 10.5. The first-order valence-electron chi connectivity index (χ1n) is 5.77. The number of hydrogen-bond acceptors (Lipinski definition) is 2. The van der Waals surface area contributed by atoms with Crippen molar-refractivity contribution in [2.75, 3.05) is 12.3 Å². The molecule has 0 aromatic heterocycles. The molecule has 1 aliphatic carbocycles. The maximum Gasteiger partial charge on any atom is 0.0717 e. The number of nitrogen functional groups attached to an aromatic ring is 1.